The highest BCUT2D eigenvalue weighted by Gasteiger charge is 2.12. The quantitative estimate of drug-likeness (QED) is 0.602. The highest BCUT2D eigenvalue weighted by Crippen LogP contribution is 2.22. The zero-order chi connectivity index (χ0) is 19.1. The maximum atomic E-state index is 12.5. The van der Waals surface area contributed by atoms with E-state index < -0.39 is 12.5 Å². The lowest BCUT2D eigenvalue weighted by atomic mass is 10.1. The highest BCUT2D eigenvalue weighted by atomic mass is 19.3. The van der Waals surface area contributed by atoms with Gasteiger partial charge in [-0.15, -0.1) is 0 Å². The third-order valence-electron chi connectivity index (χ3n) is 3.45. The largest absolute Gasteiger partial charge is 0.484 e. The number of benzene rings is 2. The number of amides is 1. The van der Waals surface area contributed by atoms with Gasteiger partial charge in [0.25, 0.3) is 5.91 Å². The fourth-order valence-electron chi connectivity index (χ4n) is 2.22. The minimum Gasteiger partial charge on any atom is -0.484 e. The van der Waals surface area contributed by atoms with E-state index in [1.54, 1.807) is 25.1 Å². The van der Waals surface area contributed by atoms with E-state index in [9.17, 15) is 13.6 Å². The molecule has 0 bridgehead atoms. The van der Waals surface area contributed by atoms with Crippen molar-refractivity contribution in [2.75, 3.05) is 6.61 Å². The van der Waals surface area contributed by atoms with Crippen LogP contribution >= 0.6 is 0 Å². The van der Waals surface area contributed by atoms with E-state index in [0.29, 0.717) is 17.0 Å². The number of nitrogens with one attached hydrogen (secondary N) is 1. The van der Waals surface area contributed by atoms with Gasteiger partial charge in [-0.1, -0.05) is 23.8 Å². The Morgan fingerprint density at radius 1 is 1.15 bits per heavy atom. The van der Waals surface area contributed by atoms with Crippen molar-refractivity contribution in [3.8, 4) is 11.5 Å². The molecule has 0 saturated heterocycles. The van der Waals surface area contributed by atoms with Crippen molar-refractivity contribution in [2.45, 2.75) is 27.4 Å². The van der Waals surface area contributed by atoms with Gasteiger partial charge >= 0.3 is 6.61 Å². The molecule has 0 saturated carbocycles. The summed E-state index contributed by atoms with van der Waals surface area (Å²) >= 11 is 0. The van der Waals surface area contributed by atoms with Crippen molar-refractivity contribution >= 4 is 11.6 Å². The fraction of sp³-hybridized carbons (Fsp3) is 0.263. The molecule has 0 aliphatic carbocycles. The summed E-state index contributed by atoms with van der Waals surface area (Å²) in [7, 11) is 0. The first-order valence-corrected chi connectivity index (χ1v) is 7.93. The number of hydrogen-bond donors (Lipinski definition) is 1. The van der Waals surface area contributed by atoms with Crippen LogP contribution in [0.5, 0.6) is 11.5 Å². The zero-order valence-electron chi connectivity index (χ0n) is 14.8. The van der Waals surface area contributed by atoms with Crippen LogP contribution in [0.15, 0.2) is 47.6 Å². The number of hydrogen-bond acceptors (Lipinski definition) is 4. The van der Waals surface area contributed by atoms with Crippen molar-refractivity contribution in [3.63, 3.8) is 0 Å². The minimum absolute atomic E-state index is 0.00268. The van der Waals surface area contributed by atoms with Gasteiger partial charge in [0, 0.05) is 5.56 Å². The summed E-state index contributed by atoms with van der Waals surface area (Å²) in [4.78, 5) is 11.9. The topological polar surface area (TPSA) is 59.9 Å². The van der Waals surface area contributed by atoms with E-state index >= 15 is 0 Å². The van der Waals surface area contributed by atoms with Gasteiger partial charge in [-0.2, -0.15) is 13.9 Å². The van der Waals surface area contributed by atoms with Gasteiger partial charge in [-0.3, -0.25) is 4.79 Å². The Kier molecular flexibility index (Phi) is 6.66. The standard InChI is InChI=1S/C19H20F2N2O3/c1-12-5-4-6-15(9-12)25-11-18(24)23-22-14(3)16-10-13(2)7-8-17(16)26-19(20)21/h4-10,19H,11H2,1-3H3,(H,23,24)/b22-14-. The summed E-state index contributed by atoms with van der Waals surface area (Å²) in [6.45, 7) is 2.17. The van der Waals surface area contributed by atoms with Crippen LogP contribution in [-0.4, -0.2) is 24.8 Å². The Bertz CT molecular complexity index is 807. The predicted molar refractivity (Wildman–Crippen MR) is 94.8 cm³/mol. The summed E-state index contributed by atoms with van der Waals surface area (Å²) in [5.41, 5.74) is 4.94. The molecule has 5 nitrogen and oxygen atoms in total. The first-order valence-electron chi connectivity index (χ1n) is 7.93. The Balaban J connectivity index is 2.01. The minimum atomic E-state index is -2.94. The normalized spacial score (nSPS) is 11.4. The lowest BCUT2D eigenvalue weighted by molar-refractivity contribution is -0.123. The summed E-state index contributed by atoms with van der Waals surface area (Å²) < 4.78 is 34.9. The van der Waals surface area contributed by atoms with Gasteiger partial charge in [0.15, 0.2) is 6.61 Å². The van der Waals surface area contributed by atoms with E-state index in [4.69, 9.17) is 4.74 Å². The molecule has 0 fully saturated rings. The number of hydrazone groups is 1. The summed E-state index contributed by atoms with van der Waals surface area (Å²) in [6, 6.07) is 12.1. The van der Waals surface area contributed by atoms with E-state index in [-0.39, 0.29) is 12.4 Å². The summed E-state index contributed by atoms with van der Waals surface area (Å²) in [6.07, 6.45) is 0. The Hall–Kier alpha value is -2.96. The SMILES string of the molecule is C/C(=N/NC(=O)COc1cccc(C)c1)c1cc(C)ccc1OC(F)F. The Morgan fingerprint density at radius 2 is 1.88 bits per heavy atom. The molecule has 2 rings (SSSR count). The zero-order valence-corrected chi connectivity index (χ0v) is 14.8. The maximum absolute atomic E-state index is 12.5. The molecule has 0 aliphatic heterocycles. The van der Waals surface area contributed by atoms with Crippen LogP contribution in [0.2, 0.25) is 0 Å². The average molecular weight is 362 g/mol. The van der Waals surface area contributed by atoms with Crippen LogP contribution < -0.4 is 14.9 Å². The number of rotatable bonds is 7. The molecular formula is C19H20F2N2O3. The van der Waals surface area contributed by atoms with E-state index in [1.807, 2.05) is 32.0 Å². The van der Waals surface area contributed by atoms with Crippen LogP contribution in [-0.2, 0) is 4.79 Å². The molecule has 0 radical (unpaired) electrons. The van der Waals surface area contributed by atoms with Crippen molar-refractivity contribution in [3.05, 3.63) is 59.2 Å². The third-order valence-corrected chi connectivity index (χ3v) is 3.45. The maximum Gasteiger partial charge on any atom is 0.387 e. The number of carbonyl (C=O) groups is 1. The summed E-state index contributed by atoms with van der Waals surface area (Å²) in [5, 5.41) is 3.95. The predicted octanol–water partition coefficient (Wildman–Crippen LogP) is 3.82. The lowest BCUT2D eigenvalue weighted by Crippen LogP contribution is -2.25. The Morgan fingerprint density at radius 3 is 2.58 bits per heavy atom. The van der Waals surface area contributed by atoms with Gasteiger partial charge in [-0.05, 0) is 50.6 Å². The molecule has 138 valence electrons. The summed E-state index contributed by atoms with van der Waals surface area (Å²) in [5.74, 6) is 0.110. The molecule has 7 heteroatoms. The van der Waals surface area contributed by atoms with Gasteiger partial charge in [0.1, 0.15) is 11.5 Å². The first-order chi connectivity index (χ1) is 12.3. The number of carbonyl (C=O) groups excluding carboxylic acids is 1. The van der Waals surface area contributed by atoms with E-state index in [0.717, 1.165) is 11.1 Å². The van der Waals surface area contributed by atoms with Gasteiger partial charge in [-0.25, -0.2) is 5.43 Å². The van der Waals surface area contributed by atoms with Crippen molar-refractivity contribution in [1.29, 1.82) is 0 Å². The van der Waals surface area contributed by atoms with Crippen LogP contribution in [0.4, 0.5) is 8.78 Å². The third kappa shape index (κ3) is 5.84. The number of alkyl halides is 2. The monoisotopic (exact) mass is 362 g/mol. The molecule has 1 amide bonds. The van der Waals surface area contributed by atoms with E-state index in [1.165, 1.54) is 6.07 Å². The van der Waals surface area contributed by atoms with Crippen LogP contribution in [0.3, 0.4) is 0 Å². The van der Waals surface area contributed by atoms with Crippen molar-refractivity contribution in [2.24, 2.45) is 5.10 Å². The average Bonchev–Trinajstić information content (AvgIpc) is 2.59. The van der Waals surface area contributed by atoms with Gasteiger partial charge in [0.2, 0.25) is 0 Å². The second-order valence-electron chi connectivity index (χ2n) is 5.72. The van der Waals surface area contributed by atoms with Crippen LogP contribution in [0.25, 0.3) is 0 Å². The van der Waals surface area contributed by atoms with E-state index in [2.05, 4.69) is 15.3 Å². The number of halogens is 2. The molecule has 0 aliphatic rings. The first kappa shape index (κ1) is 19.4. The molecule has 0 atom stereocenters. The van der Waals surface area contributed by atoms with Crippen LogP contribution in [0.1, 0.15) is 23.6 Å². The van der Waals surface area contributed by atoms with Crippen LogP contribution in [0, 0.1) is 13.8 Å². The molecular weight excluding hydrogens is 342 g/mol. The van der Waals surface area contributed by atoms with Crippen molar-refractivity contribution < 1.29 is 23.0 Å². The van der Waals surface area contributed by atoms with Gasteiger partial charge in [0.05, 0.1) is 5.71 Å². The molecule has 2 aromatic carbocycles. The highest BCUT2D eigenvalue weighted by molar-refractivity contribution is 6.01. The number of nitrogens with zero attached hydrogens (tertiary/aromatic N) is 1. The van der Waals surface area contributed by atoms with Crippen molar-refractivity contribution in [1.82, 2.24) is 5.43 Å². The fourth-order valence-corrected chi connectivity index (χ4v) is 2.22. The molecule has 0 spiro atoms. The molecule has 2 aromatic rings. The second kappa shape index (κ2) is 8.94. The number of ether oxygens (including phenoxy) is 2. The molecule has 0 heterocycles. The molecule has 0 unspecified atom stereocenters. The second-order valence-corrected chi connectivity index (χ2v) is 5.72. The molecule has 26 heavy (non-hydrogen) atoms. The molecule has 0 aromatic heterocycles. The number of aryl methyl sites for hydroxylation is 2. The lowest BCUT2D eigenvalue weighted by Gasteiger charge is -2.11. The van der Waals surface area contributed by atoms with Gasteiger partial charge < -0.3 is 9.47 Å². The Labute approximate surface area is 150 Å². The smallest absolute Gasteiger partial charge is 0.387 e. The molecule has 1 N–H and O–H groups in total.